The van der Waals surface area contributed by atoms with Crippen LogP contribution in [-0.2, 0) is 22.5 Å². The van der Waals surface area contributed by atoms with Gasteiger partial charge in [0.25, 0.3) is 0 Å². The van der Waals surface area contributed by atoms with Gasteiger partial charge in [0, 0.05) is 44.6 Å². The molecule has 2 N–H and O–H groups in total. The van der Waals surface area contributed by atoms with Crippen LogP contribution in [0.1, 0.15) is 24.8 Å². The summed E-state index contributed by atoms with van der Waals surface area (Å²) in [4.78, 5) is 18.3. The number of nitrogens with zero attached hydrogens (tertiary/aromatic N) is 4. The standard InChI is InChI=1S/C18H25N5O2/c19-17-13-15(6-8-20-17)4-5-16-14-22(11-12-25-16)18(24)3-1-9-23-10-2-7-21-23/h2,6-8,10,13,16H,1,3-5,9,11-12,14H2,(H2,19,20). The minimum atomic E-state index is 0.0817. The molecule has 1 aliphatic rings. The number of rotatable bonds is 7. The number of morpholine rings is 1. The van der Waals surface area contributed by atoms with E-state index in [1.807, 2.05) is 34.0 Å². The Morgan fingerprint density at radius 1 is 1.40 bits per heavy atom. The molecule has 1 aliphatic heterocycles. The Bertz CT molecular complexity index is 674. The summed E-state index contributed by atoms with van der Waals surface area (Å²) in [6, 6.07) is 5.75. The molecule has 3 rings (SSSR count). The van der Waals surface area contributed by atoms with Crippen molar-refractivity contribution in [2.24, 2.45) is 0 Å². The van der Waals surface area contributed by atoms with Crippen LogP contribution in [0.15, 0.2) is 36.8 Å². The van der Waals surface area contributed by atoms with Gasteiger partial charge in [-0.15, -0.1) is 0 Å². The van der Waals surface area contributed by atoms with E-state index < -0.39 is 0 Å². The molecule has 7 nitrogen and oxygen atoms in total. The number of nitrogen functional groups attached to an aromatic ring is 1. The maximum absolute atomic E-state index is 12.4. The number of carbonyl (C=O) groups excluding carboxylic acids is 1. The summed E-state index contributed by atoms with van der Waals surface area (Å²) in [7, 11) is 0. The van der Waals surface area contributed by atoms with E-state index in [1.165, 1.54) is 0 Å². The fourth-order valence-electron chi connectivity index (χ4n) is 3.08. The number of ether oxygens (including phenoxy) is 1. The molecule has 0 aromatic carbocycles. The van der Waals surface area contributed by atoms with Crippen LogP contribution < -0.4 is 5.73 Å². The second-order valence-electron chi connectivity index (χ2n) is 6.33. The van der Waals surface area contributed by atoms with Gasteiger partial charge in [0.05, 0.1) is 12.7 Å². The Morgan fingerprint density at radius 3 is 3.12 bits per heavy atom. The van der Waals surface area contributed by atoms with Crippen LogP contribution in [-0.4, -0.2) is 51.4 Å². The molecule has 2 aromatic rings. The highest BCUT2D eigenvalue weighted by atomic mass is 16.5. The monoisotopic (exact) mass is 343 g/mol. The summed E-state index contributed by atoms with van der Waals surface area (Å²) in [5.74, 6) is 0.740. The third-order valence-electron chi connectivity index (χ3n) is 4.43. The molecule has 7 heteroatoms. The maximum atomic E-state index is 12.4. The fraction of sp³-hybridized carbons (Fsp3) is 0.500. The number of anilines is 1. The molecule has 1 unspecified atom stereocenters. The molecule has 3 heterocycles. The number of hydrogen-bond acceptors (Lipinski definition) is 5. The second-order valence-corrected chi connectivity index (χ2v) is 6.33. The molecule has 1 atom stereocenters. The molecule has 0 aliphatic carbocycles. The average molecular weight is 343 g/mol. The van der Waals surface area contributed by atoms with E-state index in [9.17, 15) is 4.79 Å². The van der Waals surface area contributed by atoms with Gasteiger partial charge < -0.3 is 15.4 Å². The molecule has 134 valence electrons. The van der Waals surface area contributed by atoms with Gasteiger partial charge in [-0.05, 0) is 43.0 Å². The number of amides is 1. The highest BCUT2D eigenvalue weighted by Crippen LogP contribution is 2.14. The first-order chi connectivity index (χ1) is 12.2. The number of aryl methyl sites for hydroxylation is 2. The van der Waals surface area contributed by atoms with E-state index in [-0.39, 0.29) is 12.0 Å². The van der Waals surface area contributed by atoms with Gasteiger partial charge in [0.2, 0.25) is 5.91 Å². The van der Waals surface area contributed by atoms with Crippen molar-refractivity contribution < 1.29 is 9.53 Å². The zero-order valence-electron chi connectivity index (χ0n) is 14.4. The number of hydrogen-bond donors (Lipinski definition) is 1. The lowest BCUT2D eigenvalue weighted by Crippen LogP contribution is -2.45. The number of pyridine rings is 1. The normalized spacial score (nSPS) is 17.6. The predicted octanol–water partition coefficient (Wildman–Crippen LogP) is 1.50. The molecule has 0 radical (unpaired) electrons. The van der Waals surface area contributed by atoms with Crippen molar-refractivity contribution >= 4 is 11.7 Å². The highest BCUT2D eigenvalue weighted by molar-refractivity contribution is 5.76. The van der Waals surface area contributed by atoms with Crippen LogP contribution in [0.25, 0.3) is 0 Å². The molecule has 1 amide bonds. The van der Waals surface area contributed by atoms with E-state index in [0.29, 0.717) is 31.9 Å². The van der Waals surface area contributed by atoms with Crippen LogP contribution in [0.5, 0.6) is 0 Å². The molecular weight excluding hydrogens is 318 g/mol. The van der Waals surface area contributed by atoms with Crippen LogP contribution in [0.3, 0.4) is 0 Å². The first-order valence-electron chi connectivity index (χ1n) is 8.78. The van der Waals surface area contributed by atoms with Crippen molar-refractivity contribution in [1.29, 1.82) is 0 Å². The van der Waals surface area contributed by atoms with Gasteiger partial charge in [-0.1, -0.05) is 0 Å². The zero-order chi connectivity index (χ0) is 17.5. The maximum Gasteiger partial charge on any atom is 0.222 e. The molecular formula is C18H25N5O2. The van der Waals surface area contributed by atoms with Gasteiger partial charge in [0.15, 0.2) is 0 Å². The number of carbonyl (C=O) groups is 1. The minimum Gasteiger partial charge on any atom is -0.384 e. The molecule has 0 saturated carbocycles. The van der Waals surface area contributed by atoms with Crippen LogP contribution in [0, 0.1) is 0 Å². The molecule has 2 aromatic heterocycles. The summed E-state index contributed by atoms with van der Waals surface area (Å²) in [6.45, 7) is 2.73. The zero-order valence-corrected chi connectivity index (χ0v) is 14.4. The molecule has 1 fully saturated rings. The van der Waals surface area contributed by atoms with Crippen molar-refractivity contribution in [2.45, 2.75) is 38.3 Å². The predicted molar refractivity (Wildman–Crippen MR) is 94.8 cm³/mol. The van der Waals surface area contributed by atoms with Crippen molar-refractivity contribution in [3.63, 3.8) is 0 Å². The first kappa shape index (κ1) is 17.4. The van der Waals surface area contributed by atoms with Crippen molar-refractivity contribution in [3.05, 3.63) is 42.4 Å². The van der Waals surface area contributed by atoms with Crippen LogP contribution >= 0.6 is 0 Å². The number of nitrogens with two attached hydrogens (primary N) is 1. The van der Waals surface area contributed by atoms with E-state index >= 15 is 0 Å². The van der Waals surface area contributed by atoms with Gasteiger partial charge >= 0.3 is 0 Å². The minimum absolute atomic E-state index is 0.0817. The van der Waals surface area contributed by atoms with E-state index in [2.05, 4.69) is 10.1 Å². The summed E-state index contributed by atoms with van der Waals surface area (Å²) < 4.78 is 7.68. The van der Waals surface area contributed by atoms with Gasteiger partial charge in [-0.3, -0.25) is 9.48 Å². The Kier molecular flexibility index (Phi) is 6.00. The van der Waals surface area contributed by atoms with Crippen molar-refractivity contribution in [1.82, 2.24) is 19.7 Å². The van der Waals surface area contributed by atoms with Crippen molar-refractivity contribution in [3.8, 4) is 0 Å². The Balaban J connectivity index is 1.41. The lowest BCUT2D eigenvalue weighted by molar-refractivity contribution is -0.139. The van der Waals surface area contributed by atoms with Gasteiger partial charge in [-0.25, -0.2) is 4.98 Å². The first-order valence-corrected chi connectivity index (χ1v) is 8.78. The quantitative estimate of drug-likeness (QED) is 0.823. The summed E-state index contributed by atoms with van der Waals surface area (Å²) in [5.41, 5.74) is 6.86. The largest absolute Gasteiger partial charge is 0.384 e. The SMILES string of the molecule is Nc1cc(CCC2CN(C(=O)CCCn3cccn3)CCO2)ccn1. The van der Waals surface area contributed by atoms with Crippen molar-refractivity contribution in [2.75, 3.05) is 25.4 Å². The van der Waals surface area contributed by atoms with Crippen LogP contribution in [0.4, 0.5) is 5.82 Å². The smallest absolute Gasteiger partial charge is 0.222 e. The number of aromatic nitrogens is 3. The van der Waals surface area contributed by atoms with Gasteiger partial charge in [-0.2, -0.15) is 5.10 Å². The molecule has 25 heavy (non-hydrogen) atoms. The average Bonchev–Trinajstić information content (AvgIpc) is 3.14. The molecule has 1 saturated heterocycles. The topological polar surface area (TPSA) is 86.3 Å². The fourth-order valence-corrected chi connectivity index (χ4v) is 3.08. The van der Waals surface area contributed by atoms with E-state index in [4.69, 9.17) is 10.5 Å². The Hall–Kier alpha value is -2.41. The lowest BCUT2D eigenvalue weighted by Gasteiger charge is -2.33. The third kappa shape index (κ3) is 5.29. The molecule has 0 spiro atoms. The third-order valence-corrected chi connectivity index (χ3v) is 4.43. The second kappa shape index (κ2) is 8.62. The van der Waals surface area contributed by atoms with Gasteiger partial charge in [0.1, 0.15) is 5.82 Å². The summed E-state index contributed by atoms with van der Waals surface area (Å²) in [6.07, 6.45) is 8.58. The van der Waals surface area contributed by atoms with E-state index in [1.54, 1.807) is 12.4 Å². The van der Waals surface area contributed by atoms with Crippen LogP contribution in [0.2, 0.25) is 0 Å². The summed E-state index contributed by atoms with van der Waals surface area (Å²) in [5, 5.41) is 4.16. The Morgan fingerprint density at radius 2 is 2.32 bits per heavy atom. The summed E-state index contributed by atoms with van der Waals surface area (Å²) >= 11 is 0. The molecule has 0 bridgehead atoms. The highest BCUT2D eigenvalue weighted by Gasteiger charge is 2.23. The Labute approximate surface area is 147 Å². The van der Waals surface area contributed by atoms with E-state index in [0.717, 1.165) is 31.4 Å². The lowest BCUT2D eigenvalue weighted by atomic mass is 10.1.